The molecule has 0 saturated carbocycles. The van der Waals surface area contributed by atoms with Crippen molar-refractivity contribution in [2.75, 3.05) is 13.9 Å². The van der Waals surface area contributed by atoms with Gasteiger partial charge >= 0.3 is 0 Å². The van der Waals surface area contributed by atoms with E-state index in [9.17, 15) is 0 Å². The topological polar surface area (TPSA) is 27.7 Å². The van der Waals surface area contributed by atoms with Crippen molar-refractivity contribution in [3.05, 3.63) is 59.7 Å². The third kappa shape index (κ3) is 3.89. The van der Waals surface area contributed by atoms with Gasteiger partial charge in [0.1, 0.15) is 0 Å². The van der Waals surface area contributed by atoms with Crippen molar-refractivity contribution >= 4 is 11.6 Å². The number of rotatable bonds is 7. The van der Waals surface area contributed by atoms with Crippen LogP contribution in [0.3, 0.4) is 0 Å². The first kappa shape index (κ1) is 14.7. The highest BCUT2D eigenvalue weighted by Gasteiger charge is 2.09. The average Bonchev–Trinajstić information content (AvgIpc) is 2.52. The second-order valence-corrected chi connectivity index (χ2v) is 4.45. The number of benzene rings is 2. The Morgan fingerprint density at radius 1 is 1.00 bits per heavy atom. The monoisotopic (exact) mass is 292 g/mol. The van der Waals surface area contributed by atoms with Crippen molar-refractivity contribution in [1.29, 1.82) is 0 Å². The van der Waals surface area contributed by atoms with Gasteiger partial charge in [-0.05, 0) is 11.6 Å². The molecule has 0 bridgehead atoms. The minimum absolute atomic E-state index is 0.152. The number of methoxy groups -OCH3 is 1. The van der Waals surface area contributed by atoms with E-state index in [0.29, 0.717) is 24.0 Å². The average molecular weight is 293 g/mol. The lowest BCUT2D eigenvalue weighted by Crippen LogP contribution is -2.05. The third-order valence-corrected chi connectivity index (χ3v) is 3.11. The van der Waals surface area contributed by atoms with Crippen LogP contribution in [0.2, 0.25) is 0 Å². The maximum absolute atomic E-state index is 5.89. The van der Waals surface area contributed by atoms with Gasteiger partial charge in [0.05, 0.1) is 19.6 Å². The molecule has 0 aliphatic carbocycles. The number of alkyl halides is 1. The summed E-state index contributed by atoms with van der Waals surface area (Å²) in [6, 6.07) is 15.6. The first-order valence-electron chi connectivity index (χ1n) is 6.31. The van der Waals surface area contributed by atoms with Gasteiger partial charge in [-0.15, -0.1) is 11.6 Å². The van der Waals surface area contributed by atoms with E-state index in [-0.39, 0.29) is 6.79 Å². The summed E-state index contributed by atoms with van der Waals surface area (Å²) in [7, 11) is 1.60. The zero-order chi connectivity index (χ0) is 14.2. The van der Waals surface area contributed by atoms with Gasteiger partial charge in [0.2, 0.25) is 0 Å². The fourth-order valence-corrected chi connectivity index (χ4v) is 2.04. The van der Waals surface area contributed by atoms with Crippen molar-refractivity contribution in [3.63, 3.8) is 0 Å². The van der Waals surface area contributed by atoms with Gasteiger partial charge < -0.3 is 14.2 Å². The molecule has 2 aromatic carbocycles. The SMILES string of the molecule is COc1cccc(CCl)c1OCOCc1ccccc1. The summed E-state index contributed by atoms with van der Waals surface area (Å²) in [5.74, 6) is 1.66. The van der Waals surface area contributed by atoms with E-state index < -0.39 is 0 Å². The lowest BCUT2D eigenvalue weighted by molar-refractivity contribution is 0.00334. The summed E-state index contributed by atoms with van der Waals surface area (Å²) >= 11 is 5.89. The number of halogens is 1. The van der Waals surface area contributed by atoms with Gasteiger partial charge in [-0.2, -0.15) is 0 Å². The van der Waals surface area contributed by atoms with Crippen LogP contribution in [0.15, 0.2) is 48.5 Å². The van der Waals surface area contributed by atoms with Crippen LogP contribution in [-0.4, -0.2) is 13.9 Å². The fraction of sp³-hybridized carbons (Fsp3) is 0.250. The molecule has 0 aromatic heterocycles. The molecule has 0 spiro atoms. The maximum atomic E-state index is 5.89. The minimum atomic E-state index is 0.152. The third-order valence-electron chi connectivity index (χ3n) is 2.82. The van der Waals surface area contributed by atoms with Gasteiger partial charge in [-0.25, -0.2) is 0 Å². The largest absolute Gasteiger partial charge is 0.493 e. The molecule has 106 valence electrons. The lowest BCUT2D eigenvalue weighted by atomic mass is 10.2. The standard InChI is InChI=1S/C16H17ClO3/c1-18-15-9-5-8-14(10-17)16(15)20-12-19-11-13-6-3-2-4-7-13/h2-9H,10-12H2,1H3. The van der Waals surface area contributed by atoms with E-state index >= 15 is 0 Å². The highest BCUT2D eigenvalue weighted by molar-refractivity contribution is 6.17. The van der Waals surface area contributed by atoms with E-state index in [1.807, 2.05) is 48.5 Å². The zero-order valence-electron chi connectivity index (χ0n) is 11.3. The highest BCUT2D eigenvalue weighted by Crippen LogP contribution is 2.32. The highest BCUT2D eigenvalue weighted by atomic mass is 35.5. The van der Waals surface area contributed by atoms with Crippen molar-refractivity contribution in [1.82, 2.24) is 0 Å². The van der Waals surface area contributed by atoms with Gasteiger partial charge in [0, 0.05) is 5.56 Å². The van der Waals surface area contributed by atoms with E-state index in [4.69, 9.17) is 25.8 Å². The van der Waals surface area contributed by atoms with Crippen molar-refractivity contribution < 1.29 is 14.2 Å². The van der Waals surface area contributed by atoms with E-state index in [2.05, 4.69) is 0 Å². The molecular formula is C16H17ClO3. The summed E-state index contributed by atoms with van der Waals surface area (Å²) in [5.41, 5.74) is 1.99. The van der Waals surface area contributed by atoms with Crippen LogP contribution < -0.4 is 9.47 Å². The predicted octanol–water partition coefficient (Wildman–Crippen LogP) is 3.99. The van der Waals surface area contributed by atoms with Crippen LogP contribution in [0.25, 0.3) is 0 Å². The summed E-state index contributed by atoms with van der Waals surface area (Å²) in [6.45, 7) is 0.658. The van der Waals surface area contributed by atoms with E-state index in [1.54, 1.807) is 7.11 Å². The molecule has 0 saturated heterocycles. The number of para-hydroxylation sites is 1. The second kappa shape index (κ2) is 7.78. The van der Waals surface area contributed by atoms with Gasteiger partial charge in [-0.1, -0.05) is 42.5 Å². The van der Waals surface area contributed by atoms with Crippen LogP contribution in [0.5, 0.6) is 11.5 Å². The van der Waals surface area contributed by atoms with E-state index in [0.717, 1.165) is 11.1 Å². The minimum Gasteiger partial charge on any atom is -0.493 e. The molecule has 0 N–H and O–H groups in total. The van der Waals surface area contributed by atoms with Crippen molar-refractivity contribution in [2.24, 2.45) is 0 Å². The Kier molecular flexibility index (Phi) is 5.71. The molecule has 4 heteroatoms. The summed E-state index contributed by atoms with van der Waals surface area (Å²) in [5, 5.41) is 0. The normalized spacial score (nSPS) is 10.3. The molecule has 0 unspecified atom stereocenters. The summed E-state index contributed by atoms with van der Waals surface area (Å²) in [6.07, 6.45) is 0. The first-order chi connectivity index (χ1) is 9.85. The molecular weight excluding hydrogens is 276 g/mol. The molecule has 2 aromatic rings. The smallest absolute Gasteiger partial charge is 0.189 e. The van der Waals surface area contributed by atoms with Crippen molar-refractivity contribution in [3.8, 4) is 11.5 Å². The molecule has 0 amide bonds. The molecule has 0 heterocycles. The predicted molar refractivity (Wildman–Crippen MR) is 79.3 cm³/mol. The Bertz CT molecular complexity index is 506. The molecule has 3 nitrogen and oxygen atoms in total. The molecule has 0 aliphatic rings. The molecule has 0 aliphatic heterocycles. The van der Waals surface area contributed by atoms with E-state index in [1.165, 1.54) is 0 Å². The maximum Gasteiger partial charge on any atom is 0.189 e. The fourth-order valence-electron chi connectivity index (χ4n) is 1.83. The molecule has 0 fully saturated rings. The summed E-state index contributed by atoms with van der Waals surface area (Å²) < 4.78 is 16.4. The van der Waals surface area contributed by atoms with Crippen molar-refractivity contribution in [2.45, 2.75) is 12.5 Å². The second-order valence-electron chi connectivity index (χ2n) is 4.18. The Morgan fingerprint density at radius 3 is 2.50 bits per heavy atom. The Labute approximate surface area is 124 Å². The van der Waals surface area contributed by atoms with Gasteiger partial charge in [-0.3, -0.25) is 0 Å². The molecule has 2 rings (SSSR count). The Hall–Kier alpha value is -1.71. The van der Waals surface area contributed by atoms with Crippen LogP contribution in [0, 0.1) is 0 Å². The number of hydrogen-bond donors (Lipinski definition) is 0. The zero-order valence-corrected chi connectivity index (χ0v) is 12.1. The Morgan fingerprint density at radius 2 is 1.80 bits per heavy atom. The van der Waals surface area contributed by atoms with Crippen LogP contribution in [0.1, 0.15) is 11.1 Å². The van der Waals surface area contributed by atoms with Crippen LogP contribution in [0.4, 0.5) is 0 Å². The summed E-state index contributed by atoms with van der Waals surface area (Å²) in [4.78, 5) is 0. The first-order valence-corrected chi connectivity index (χ1v) is 6.85. The lowest BCUT2D eigenvalue weighted by Gasteiger charge is -2.14. The van der Waals surface area contributed by atoms with Crippen LogP contribution in [-0.2, 0) is 17.2 Å². The number of ether oxygens (including phenoxy) is 3. The van der Waals surface area contributed by atoms with Gasteiger partial charge in [0.25, 0.3) is 0 Å². The van der Waals surface area contributed by atoms with Crippen LogP contribution >= 0.6 is 11.6 Å². The molecule has 20 heavy (non-hydrogen) atoms. The number of hydrogen-bond acceptors (Lipinski definition) is 3. The Balaban J connectivity index is 1.90. The molecule has 0 atom stereocenters. The molecule has 0 radical (unpaired) electrons. The van der Waals surface area contributed by atoms with Gasteiger partial charge in [0.15, 0.2) is 18.3 Å². The quantitative estimate of drug-likeness (QED) is 0.439.